The third-order valence-corrected chi connectivity index (χ3v) is 7.31. The second-order valence-electron chi connectivity index (χ2n) is 10.8. The van der Waals surface area contributed by atoms with Gasteiger partial charge in [-0.05, 0) is 67.6 Å². The normalized spacial score (nSPS) is 17.2. The molecule has 4 rings (SSSR count). The SMILES string of the molecule is C[C@H]1CN([C@@H](C)CO)C(=O)c2cccc(NC(=O)Nc3ccc(C(F)(F)F)cc3)c2O[C@@H]1CN(C)C(=O)Nc1ccc(F)cc1. The number of hydrogen-bond donors (Lipinski definition) is 4. The van der Waals surface area contributed by atoms with Crippen LogP contribution in [0, 0.1) is 11.7 Å². The summed E-state index contributed by atoms with van der Waals surface area (Å²) >= 11 is 0. The average molecular weight is 632 g/mol. The van der Waals surface area contributed by atoms with E-state index in [1.165, 1.54) is 59.3 Å². The number of carbonyl (C=O) groups excluding carboxylic acids is 3. The van der Waals surface area contributed by atoms with E-state index < -0.39 is 47.7 Å². The standard InChI is InChI=1S/C31H33F4N5O5/c1-18-15-40(19(2)17-41)28(42)24-5-4-6-25(38-29(43)36-22-11-7-20(8-12-22)31(33,34)35)27(24)45-26(18)16-39(3)30(44)37-23-13-9-21(32)10-14-23/h4-14,18-19,26,41H,15-17H2,1-3H3,(H,37,44)(H2,36,38,43)/t18-,19-,26+/m0/s1. The number of nitrogens with one attached hydrogen (secondary N) is 3. The van der Waals surface area contributed by atoms with Crippen molar-refractivity contribution in [2.45, 2.75) is 32.2 Å². The van der Waals surface area contributed by atoms with Crippen molar-refractivity contribution in [3.05, 3.63) is 83.7 Å². The molecule has 0 fully saturated rings. The minimum Gasteiger partial charge on any atom is -0.485 e. The molecule has 0 spiro atoms. The van der Waals surface area contributed by atoms with Crippen LogP contribution in [0.15, 0.2) is 66.7 Å². The number of ether oxygens (including phenoxy) is 1. The summed E-state index contributed by atoms with van der Waals surface area (Å²) in [6, 6.07) is 11.8. The largest absolute Gasteiger partial charge is 0.485 e. The molecule has 0 bridgehead atoms. The van der Waals surface area contributed by atoms with Gasteiger partial charge in [0.05, 0.1) is 36.0 Å². The predicted octanol–water partition coefficient (Wildman–Crippen LogP) is 5.87. The smallest absolute Gasteiger partial charge is 0.416 e. The van der Waals surface area contributed by atoms with Crippen LogP contribution in [0.4, 0.5) is 44.2 Å². The summed E-state index contributed by atoms with van der Waals surface area (Å²) < 4.78 is 58.4. The number of nitrogens with zero attached hydrogens (tertiary/aromatic N) is 2. The fraction of sp³-hybridized carbons (Fsp3) is 0.323. The molecular weight excluding hydrogens is 598 g/mol. The number of carbonyl (C=O) groups is 3. The Balaban J connectivity index is 1.59. The third kappa shape index (κ3) is 8.20. The summed E-state index contributed by atoms with van der Waals surface area (Å²) in [6.45, 7) is 3.41. The number of hydrogen-bond acceptors (Lipinski definition) is 5. The van der Waals surface area contributed by atoms with Crippen LogP contribution in [-0.4, -0.2) is 71.8 Å². The van der Waals surface area contributed by atoms with Gasteiger partial charge in [0, 0.05) is 30.9 Å². The van der Waals surface area contributed by atoms with Gasteiger partial charge < -0.3 is 35.6 Å². The Labute approximate surface area is 257 Å². The molecule has 4 N–H and O–H groups in total. The Morgan fingerprint density at radius 2 is 1.64 bits per heavy atom. The van der Waals surface area contributed by atoms with Gasteiger partial charge in [-0.2, -0.15) is 13.2 Å². The molecule has 10 nitrogen and oxygen atoms in total. The lowest BCUT2D eigenvalue weighted by Gasteiger charge is -2.38. The molecule has 0 unspecified atom stereocenters. The first-order valence-electron chi connectivity index (χ1n) is 14.0. The molecule has 3 aromatic carbocycles. The van der Waals surface area contributed by atoms with Gasteiger partial charge in [-0.3, -0.25) is 4.79 Å². The van der Waals surface area contributed by atoms with Crippen molar-refractivity contribution in [1.29, 1.82) is 0 Å². The van der Waals surface area contributed by atoms with E-state index in [-0.39, 0.29) is 48.3 Å². The molecule has 3 atom stereocenters. The summed E-state index contributed by atoms with van der Waals surface area (Å²) in [7, 11) is 1.54. The second-order valence-corrected chi connectivity index (χ2v) is 10.8. The summed E-state index contributed by atoms with van der Waals surface area (Å²) in [5.74, 6) is -1.26. The highest BCUT2D eigenvalue weighted by Gasteiger charge is 2.35. The number of likely N-dealkylation sites (N-methyl/N-ethyl adjacent to an activating group) is 1. The monoisotopic (exact) mass is 631 g/mol. The number of aliphatic hydroxyl groups is 1. The Hall–Kier alpha value is -4.85. The van der Waals surface area contributed by atoms with Crippen LogP contribution in [0.25, 0.3) is 0 Å². The van der Waals surface area contributed by atoms with Gasteiger partial charge in [0.15, 0.2) is 5.75 Å². The molecule has 0 saturated heterocycles. The van der Waals surface area contributed by atoms with Gasteiger partial charge in [0.2, 0.25) is 0 Å². The number of fused-ring (bicyclic) bond motifs is 1. The van der Waals surface area contributed by atoms with Gasteiger partial charge in [-0.15, -0.1) is 0 Å². The number of urea groups is 2. The van der Waals surface area contributed by atoms with E-state index in [4.69, 9.17) is 4.74 Å². The number of para-hydroxylation sites is 1. The minimum absolute atomic E-state index is 0.0177. The lowest BCUT2D eigenvalue weighted by Crippen LogP contribution is -2.50. The van der Waals surface area contributed by atoms with Crippen LogP contribution in [-0.2, 0) is 6.18 Å². The second kappa shape index (κ2) is 13.8. The number of anilines is 3. The maximum atomic E-state index is 13.7. The first-order valence-corrected chi connectivity index (χ1v) is 14.0. The van der Waals surface area contributed by atoms with E-state index in [2.05, 4.69) is 16.0 Å². The summed E-state index contributed by atoms with van der Waals surface area (Å²) in [6.07, 6.45) is -5.24. The van der Waals surface area contributed by atoms with Gasteiger partial charge in [-0.1, -0.05) is 13.0 Å². The highest BCUT2D eigenvalue weighted by atomic mass is 19.4. The van der Waals surface area contributed by atoms with Crippen molar-refractivity contribution < 1.29 is 41.8 Å². The molecule has 5 amide bonds. The number of rotatable bonds is 7. The zero-order valence-electron chi connectivity index (χ0n) is 24.7. The highest BCUT2D eigenvalue weighted by molar-refractivity contribution is 6.04. The van der Waals surface area contributed by atoms with Gasteiger partial charge >= 0.3 is 18.2 Å². The number of benzene rings is 3. The molecule has 0 saturated carbocycles. The molecule has 1 heterocycles. The maximum Gasteiger partial charge on any atom is 0.416 e. The van der Waals surface area contributed by atoms with Gasteiger partial charge in [-0.25, -0.2) is 14.0 Å². The number of alkyl halides is 3. The van der Waals surface area contributed by atoms with Crippen molar-refractivity contribution in [2.24, 2.45) is 5.92 Å². The molecule has 45 heavy (non-hydrogen) atoms. The molecular formula is C31H33F4N5O5. The lowest BCUT2D eigenvalue weighted by atomic mass is 9.99. The van der Waals surface area contributed by atoms with E-state index in [1.54, 1.807) is 6.92 Å². The van der Waals surface area contributed by atoms with Crippen LogP contribution >= 0.6 is 0 Å². The first-order chi connectivity index (χ1) is 21.3. The fourth-order valence-corrected chi connectivity index (χ4v) is 4.69. The molecule has 3 aromatic rings. The molecule has 0 aromatic heterocycles. The Bertz CT molecular complexity index is 1520. The Kier molecular flexibility index (Phi) is 10.2. The summed E-state index contributed by atoms with van der Waals surface area (Å²) in [4.78, 5) is 42.4. The van der Waals surface area contributed by atoms with E-state index in [9.17, 15) is 37.1 Å². The minimum atomic E-state index is -4.53. The zero-order valence-corrected chi connectivity index (χ0v) is 24.7. The van der Waals surface area contributed by atoms with Crippen molar-refractivity contribution in [2.75, 3.05) is 42.7 Å². The first kappa shape index (κ1) is 33.1. The van der Waals surface area contributed by atoms with E-state index >= 15 is 0 Å². The molecule has 240 valence electrons. The maximum absolute atomic E-state index is 13.7. The molecule has 0 radical (unpaired) electrons. The van der Waals surface area contributed by atoms with Crippen LogP contribution < -0.4 is 20.7 Å². The summed E-state index contributed by atoms with van der Waals surface area (Å²) in [5.41, 5.74) is -0.204. The van der Waals surface area contributed by atoms with Crippen LogP contribution in [0.1, 0.15) is 29.8 Å². The van der Waals surface area contributed by atoms with Crippen molar-refractivity contribution in [3.63, 3.8) is 0 Å². The molecule has 1 aliphatic rings. The Morgan fingerprint density at radius 3 is 2.27 bits per heavy atom. The van der Waals surface area contributed by atoms with Gasteiger partial charge in [0.25, 0.3) is 5.91 Å². The molecule has 14 heteroatoms. The predicted molar refractivity (Wildman–Crippen MR) is 160 cm³/mol. The fourth-order valence-electron chi connectivity index (χ4n) is 4.69. The van der Waals surface area contributed by atoms with Crippen LogP contribution in [0.5, 0.6) is 5.75 Å². The van der Waals surface area contributed by atoms with E-state index in [1.807, 2.05) is 6.92 Å². The van der Waals surface area contributed by atoms with E-state index in [0.717, 1.165) is 24.3 Å². The van der Waals surface area contributed by atoms with E-state index in [0.29, 0.717) is 5.69 Å². The zero-order chi connectivity index (χ0) is 32.9. The third-order valence-electron chi connectivity index (χ3n) is 7.31. The lowest BCUT2D eigenvalue weighted by molar-refractivity contribution is -0.137. The number of aliphatic hydroxyl groups excluding tert-OH is 1. The van der Waals surface area contributed by atoms with Crippen LogP contribution in [0.3, 0.4) is 0 Å². The molecule has 0 aliphatic carbocycles. The van der Waals surface area contributed by atoms with Crippen molar-refractivity contribution in [3.8, 4) is 5.75 Å². The number of halogens is 4. The number of amides is 5. The van der Waals surface area contributed by atoms with Gasteiger partial charge in [0.1, 0.15) is 11.9 Å². The van der Waals surface area contributed by atoms with Crippen LogP contribution in [0.2, 0.25) is 0 Å². The average Bonchev–Trinajstić information content (AvgIpc) is 2.99. The quantitative estimate of drug-likeness (QED) is 0.243. The Morgan fingerprint density at radius 1 is 1.02 bits per heavy atom. The highest BCUT2D eigenvalue weighted by Crippen LogP contribution is 2.35. The topological polar surface area (TPSA) is 123 Å². The molecule has 1 aliphatic heterocycles. The van der Waals surface area contributed by atoms with Crippen molar-refractivity contribution >= 4 is 35.0 Å². The summed E-state index contributed by atoms with van der Waals surface area (Å²) in [5, 5.41) is 17.6. The van der Waals surface area contributed by atoms with Crippen molar-refractivity contribution in [1.82, 2.24) is 9.80 Å².